The molecule has 1 fully saturated rings. The van der Waals surface area contributed by atoms with Gasteiger partial charge in [-0.25, -0.2) is 0 Å². The molecule has 0 bridgehead atoms. The number of benzene rings is 1. The Morgan fingerprint density at radius 3 is 2.84 bits per heavy atom. The van der Waals surface area contributed by atoms with Crippen molar-refractivity contribution in [2.24, 2.45) is 0 Å². The van der Waals surface area contributed by atoms with E-state index in [4.69, 9.17) is 0 Å². The van der Waals surface area contributed by atoms with Gasteiger partial charge in [0.05, 0.1) is 5.52 Å². The molecule has 2 aromatic rings. The molecule has 0 unspecified atom stereocenters. The highest BCUT2D eigenvalue weighted by molar-refractivity contribution is 5.92. The van der Waals surface area contributed by atoms with Crippen LogP contribution in [0.4, 0.5) is 5.69 Å². The predicted molar refractivity (Wildman–Crippen MR) is 80.2 cm³/mol. The van der Waals surface area contributed by atoms with E-state index in [0.717, 1.165) is 30.8 Å². The molecule has 1 atom stereocenters. The van der Waals surface area contributed by atoms with Crippen molar-refractivity contribution in [1.29, 1.82) is 0 Å². The number of hydrogen-bond acceptors (Lipinski definition) is 3. The van der Waals surface area contributed by atoms with E-state index < -0.39 is 0 Å². The average Bonchev–Trinajstić information content (AvgIpc) is 2.41. The Bertz CT molecular complexity index is 594. The Morgan fingerprint density at radius 2 is 2.05 bits per heavy atom. The number of anilines is 1. The standard InChI is InChI=1S/C16H20N3/c1-12-7-8-14-15(17-12)5-4-6-16(14)19-10-9-18(3)13(2)11-19/h4-8,13H,3,9-11H2,1-2H3/q-1/t13-/m0/s1. The number of aryl methyl sites for hydroxylation is 1. The van der Waals surface area contributed by atoms with E-state index >= 15 is 0 Å². The summed E-state index contributed by atoms with van der Waals surface area (Å²) in [5, 5.41) is 1.25. The van der Waals surface area contributed by atoms with E-state index in [2.05, 4.69) is 59.1 Å². The fourth-order valence-corrected chi connectivity index (χ4v) is 2.73. The summed E-state index contributed by atoms with van der Waals surface area (Å²) >= 11 is 0. The maximum Gasteiger partial charge on any atom is 0.0726 e. The summed E-state index contributed by atoms with van der Waals surface area (Å²) in [4.78, 5) is 9.24. The Balaban J connectivity index is 2.01. The molecule has 0 N–H and O–H groups in total. The fourth-order valence-electron chi connectivity index (χ4n) is 2.73. The summed E-state index contributed by atoms with van der Waals surface area (Å²) in [6.45, 7) is 7.33. The van der Waals surface area contributed by atoms with Gasteiger partial charge in [-0.15, -0.1) is 0 Å². The molecule has 0 saturated carbocycles. The van der Waals surface area contributed by atoms with Crippen LogP contribution < -0.4 is 4.90 Å². The number of rotatable bonds is 1. The lowest BCUT2D eigenvalue weighted by atomic mass is 10.1. The molecule has 0 spiro atoms. The van der Waals surface area contributed by atoms with Crippen molar-refractivity contribution in [2.75, 3.05) is 24.5 Å². The summed E-state index contributed by atoms with van der Waals surface area (Å²) in [7, 11) is 4.07. The SMILES string of the molecule is [CH2-]N1CCN(c2cccc3nc(C)ccc23)C[C@@H]1C. The van der Waals surface area contributed by atoms with Gasteiger partial charge in [0.25, 0.3) is 0 Å². The van der Waals surface area contributed by atoms with Crippen LogP contribution in [0.15, 0.2) is 30.3 Å². The van der Waals surface area contributed by atoms with Gasteiger partial charge in [0.15, 0.2) is 0 Å². The minimum atomic E-state index is 0.488. The summed E-state index contributed by atoms with van der Waals surface area (Å²) in [6.07, 6.45) is 0. The van der Waals surface area contributed by atoms with Crippen LogP contribution in [0.2, 0.25) is 0 Å². The Morgan fingerprint density at radius 1 is 1.21 bits per heavy atom. The van der Waals surface area contributed by atoms with Crippen molar-refractivity contribution in [3.63, 3.8) is 0 Å². The Hall–Kier alpha value is -1.61. The van der Waals surface area contributed by atoms with Crippen LogP contribution in [-0.2, 0) is 0 Å². The average molecular weight is 254 g/mol. The van der Waals surface area contributed by atoms with Gasteiger partial charge in [0, 0.05) is 29.9 Å². The third-order valence-electron chi connectivity index (χ3n) is 3.95. The first kappa shape index (κ1) is 12.4. The highest BCUT2D eigenvalue weighted by Gasteiger charge is 2.19. The Kier molecular flexibility index (Phi) is 3.15. The lowest BCUT2D eigenvalue weighted by molar-refractivity contribution is 0.261. The maximum absolute atomic E-state index is 4.62. The first-order chi connectivity index (χ1) is 9.15. The summed E-state index contributed by atoms with van der Waals surface area (Å²) in [5.41, 5.74) is 3.45. The molecule has 100 valence electrons. The minimum Gasteiger partial charge on any atom is -0.454 e. The first-order valence-corrected chi connectivity index (χ1v) is 6.83. The van der Waals surface area contributed by atoms with Crippen LogP contribution in [0.3, 0.4) is 0 Å². The van der Waals surface area contributed by atoms with E-state index in [1.807, 2.05) is 6.92 Å². The second-order valence-corrected chi connectivity index (χ2v) is 5.40. The normalized spacial score (nSPS) is 21.0. The zero-order chi connectivity index (χ0) is 13.4. The van der Waals surface area contributed by atoms with Gasteiger partial charge in [0.1, 0.15) is 0 Å². The lowest BCUT2D eigenvalue weighted by Crippen LogP contribution is -2.49. The van der Waals surface area contributed by atoms with Gasteiger partial charge < -0.3 is 9.80 Å². The fraction of sp³-hybridized carbons (Fsp3) is 0.375. The number of pyridine rings is 1. The highest BCUT2D eigenvalue weighted by Crippen LogP contribution is 2.27. The highest BCUT2D eigenvalue weighted by atomic mass is 15.3. The van der Waals surface area contributed by atoms with Crippen molar-refractivity contribution >= 4 is 16.6 Å². The van der Waals surface area contributed by atoms with Crippen molar-refractivity contribution in [3.8, 4) is 0 Å². The molecule has 0 radical (unpaired) electrons. The zero-order valence-corrected chi connectivity index (χ0v) is 11.6. The summed E-state index contributed by atoms with van der Waals surface area (Å²) in [5.74, 6) is 0. The molecule has 0 amide bonds. The van der Waals surface area contributed by atoms with Crippen LogP contribution >= 0.6 is 0 Å². The third-order valence-corrected chi connectivity index (χ3v) is 3.95. The molecule has 1 aliphatic heterocycles. The van der Waals surface area contributed by atoms with Gasteiger partial charge in [0.2, 0.25) is 0 Å². The smallest absolute Gasteiger partial charge is 0.0726 e. The molecular formula is C16H20N3-. The molecule has 19 heavy (non-hydrogen) atoms. The second kappa shape index (κ2) is 4.82. The molecule has 1 saturated heterocycles. The second-order valence-electron chi connectivity index (χ2n) is 5.40. The third kappa shape index (κ3) is 2.30. The molecule has 2 heterocycles. The van der Waals surface area contributed by atoms with Crippen molar-refractivity contribution in [3.05, 3.63) is 43.1 Å². The molecule has 0 aliphatic carbocycles. The number of aromatic nitrogens is 1. The van der Waals surface area contributed by atoms with Gasteiger partial charge in [-0.2, -0.15) is 0 Å². The minimum absolute atomic E-state index is 0.488. The summed E-state index contributed by atoms with van der Waals surface area (Å²) < 4.78 is 0. The van der Waals surface area contributed by atoms with Gasteiger partial charge in [-0.05, 0) is 43.8 Å². The van der Waals surface area contributed by atoms with E-state index in [0.29, 0.717) is 6.04 Å². The largest absolute Gasteiger partial charge is 0.454 e. The van der Waals surface area contributed by atoms with E-state index in [1.165, 1.54) is 11.1 Å². The van der Waals surface area contributed by atoms with E-state index in [-0.39, 0.29) is 0 Å². The zero-order valence-electron chi connectivity index (χ0n) is 11.6. The number of fused-ring (bicyclic) bond motifs is 1. The van der Waals surface area contributed by atoms with Crippen molar-refractivity contribution < 1.29 is 0 Å². The molecular weight excluding hydrogens is 234 g/mol. The van der Waals surface area contributed by atoms with Crippen LogP contribution in [-0.4, -0.2) is 35.6 Å². The number of nitrogens with zero attached hydrogens (tertiary/aromatic N) is 3. The van der Waals surface area contributed by atoms with Crippen LogP contribution in [0.25, 0.3) is 10.9 Å². The number of piperazine rings is 1. The van der Waals surface area contributed by atoms with Gasteiger partial charge in [-0.1, -0.05) is 13.0 Å². The quantitative estimate of drug-likeness (QED) is 0.729. The predicted octanol–water partition coefficient (Wildman–Crippen LogP) is 2.85. The molecule has 1 aromatic heterocycles. The lowest BCUT2D eigenvalue weighted by Gasteiger charge is -2.44. The van der Waals surface area contributed by atoms with Crippen LogP contribution in [0.1, 0.15) is 12.6 Å². The summed E-state index contributed by atoms with van der Waals surface area (Å²) in [6, 6.07) is 11.2. The first-order valence-electron chi connectivity index (χ1n) is 6.83. The molecule has 3 rings (SSSR count). The van der Waals surface area contributed by atoms with Gasteiger partial charge in [-0.3, -0.25) is 12.0 Å². The van der Waals surface area contributed by atoms with Crippen molar-refractivity contribution in [2.45, 2.75) is 19.9 Å². The van der Waals surface area contributed by atoms with E-state index in [9.17, 15) is 0 Å². The molecule has 1 aliphatic rings. The van der Waals surface area contributed by atoms with Crippen LogP contribution in [0, 0.1) is 14.0 Å². The molecule has 1 aromatic carbocycles. The van der Waals surface area contributed by atoms with Gasteiger partial charge >= 0.3 is 0 Å². The maximum atomic E-state index is 4.62. The Labute approximate surface area is 114 Å². The molecule has 3 nitrogen and oxygen atoms in total. The number of hydrogen-bond donors (Lipinski definition) is 0. The molecule has 3 heteroatoms. The van der Waals surface area contributed by atoms with Crippen molar-refractivity contribution in [1.82, 2.24) is 9.88 Å². The topological polar surface area (TPSA) is 19.4 Å². The van der Waals surface area contributed by atoms with E-state index in [1.54, 1.807) is 0 Å². The van der Waals surface area contributed by atoms with Crippen LogP contribution in [0.5, 0.6) is 0 Å². The monoisotopic (exact) mass is 254 g/mol.